The smallest absolute Gasteiger partial charge is 0.151 e. The summed E-state index contributed by atoms with van der Waals surface area (Å²) in [5.74, 6) is 0.730. The van der Waals surface area contributed by atoms with Crippen LogP contribution in [0.15, 0.2) is 24.3 Å². The second-order valence-corrected chi connectivity index (χ2v) is 4.10. The highest BCUT2D eigenvalue weighted by molar-refractivity contribution is 5.34. The number of hydrogen-bond acceptors (Lipinski definition) is 5. The van der Waals surface area contributed by atoms with Crippen molar-refractivity contribution in [1.29, 1.82) is 5.26 Å². The molecule has 0 radical (unpaired) electrons. The van der Waals surface area contributed by atoms with Crippen LogP contribution < -0.4 is 15.6 Å². The molecule has 5 heteroatoms. The van der Waals surface area contributed by atoms with E-state index in [0.29, 0.717) is 12.3 Å². The average molecular weight is 247 g/mol. The number of nitriles is 1. The first kappa shape index (κ1) is 12.8. The Hall–Kier alpha value is -1.61. The van der Waals surface area contributed by atoms with Gasteiger partial charge in [0.1, 0.15) is 12.0 Å². The maximum Gasteiger partial charge on any atom is 0.151 e. The van der Waals surface area contributed by atoms with Gasteiger partial charge in [-0.05, 0) is 43.5 Å². The first-order valence-corrected chi connectivity index (χ1v) is 6.11. The minimum Gasteiger partial charge on any atom is -0.477 e. The van der Waals surface area contributed by atoms with E-state index < -0.39 is 0 Å². The van der Waals surface area contributed by atoms with Crippen molar-refractivity contribution in [1.82, 2.24) is 10.9 Å². The molecule has 0 saturated carbocycles. The van der Waals surface area contributed by atoms with Crippen molar-refractivity contribution in [2.24, 2.45) is 0 Å². The molecule has 0 spiro atoms. The monoisotopic (exact) mass is 247 g/mol. The fraction of sp³-hybridized carbons (Fsp3) is 0.462. The van der Waals surface area contributed by atoms with Crippen LogP contribution in [0.3, 0.4) is 0 Å². The predicted molar refractivity (Wildman–Crippen MR) is 66.5 cm³/mol. The van der Waals surface area contributed by atoms with Gasteiger partial charge in [0.25, 0.3) is 0 Å². The quantitative estimate of drug-likeness (QED) is 0.469. The SMILES string of the molecule is N#Cc1ccc(OCNNC2CCCCO2)cc1. The Labute approximate surface area is 107 Å². The zero-order chi connectivity index (χ0) is 12.6. The summed E-state index contributed by atoms with van der Waals surface area (Å²) in [7, 11) is 0. The van der Waals surface area contributed by atoms with Gasteiger partial charge in [0.2, 0.25) is 0 Å². The van der Waals surface area contributed by atoms with Crippen LogP contribution in [-0.4, -0.2) is 19.6 Å². The summed E-state index contributed by atoms with van der Waals surface area (Å²) in [5.41, 5.74) is 6.66. The molecule has 1 aliphatic rings. The third-order valence-electron chi connectivity index (χ3n) is 2.74. The maximum absolute atomic E-state index is 8.66. The van der Waals surface area contributed by atoms with E-state index in [1.54, 1.807) is 24.3 Å². The van der Waals surface area contributed by atoms with E-state index in [9.17, 15) is 0 Å². The first-order chi connectivity index (χ1) is 8.88. The summed E-state index contributed by atoms with van der Waals surface area (Å²) in [6, 6.07) is 9.07. The largest absolute Gasteiger partial charge is 0.477 e. The molecule has 2 N–H and O–H groups in total. The second kappa shape index (κ2) is 6.97. The molecule has 0 aliphatic carbocycles. The van der Waals surface area contributed by atoms with Crippen molar-refractivity contribution in [3.8, 4) is 11.8 Å². The Morgan fingerprint density at radius 3 is 2.83 bits per heavy atom. The summed E-state index contributed by atoms with van der Waals surface area (Å²) >= 11 is 0. The van der Waals surface area contributed by atoms with Crippen LogP contribution in [0.1, 0.15) is 24.8 Å². The first-order valence-electron chi connectivity index (χ1n) is 6.11. The van der Waals surface area contributed by atoms with Crippen LogP contribution in [0.25, 0.3) is 0 Å². The molecule has 1 saturated heterocycles. The van der Waals surface area contributed by atoms with Crippen molar-refractivity contribution >= 4 is 0 Å². The molecule has 1 aromatic carbocycles. The molecule has 2 rings (SSSR count). The minimum atomic E-state index is 0.0725. The lowest BCUT2D eigenvalue weighted by molar-refractivity contribution is -0.0185. The highest BCUT2D eigenvalue weighted by Gasteiger charge is 2.11. The fourth-order valence-corrected chi connectivity index (χ4v) is 1.76. The Balaban J connectivity index is 1.63. The van der Waals surface area contributed by atoms with E-state index in [4.69, 9.17) is 14.7 Å². The van der Waals surface area contributed by atoms with Gasteiger partial charge in [-0.2, -0.15) is 5.26 Å². The van der Waals surface area contributed by atoms with Crippen LogP contribution in [0, 0.1) is 11.3 Å². The normalized spacial score (nSPS) is 19.2. The molecule has 1 aromatic rings. The number of hydrazine groups is 1. The maximum atomic E-state index is 8.66. The molecule has 5 nitrogen and oxygen atoms in total. The fourth-order valence-electron chi connectivity index (χ4n) is 1.76. The summed E-state index contributed by atoms with van der Waals surface area (Å²) in [6.45, 7) is 1.17. The van der Waals surface area contributed by atoms with E-state index in [0.717, 1.165) is 25.2 Å². The number of ether oxygens (including phenoxy) is 2. The number of benzene rings is 1. The molecule has 1 heterocycles. The third kappa shape index (κ3) is 4.00. The highest BCUT2D eigenvalue weighted by atomic mass is 16.5. The van der Waals surface area contributed by atoms with Crippen LogP contribution in [-0.2, 0) is 4.74 Å². The minimum absolute atomic E-state index is 0.0725. The van der Waals surface area contributed by atoms with Crippen LogP contribution in [0.4, 0.5) is 0 Å². The van der Waals surface area contributed by atoms with Crippen LogP contribution in [0.2, 0.25) is 0 Å². The summed E-state index contributed by atoms with van der Waals surface area (Å²) < 4.78 is 11.0. The average Bonchev–Trinajstić information content (AvgIpc) is 2.45. The Kier molecular flexibility index (Phi) is 4.97. The molecule has 0 bridgehead atoms. The molecular weight excluding hydrogens is 230 g/mol. The van der Waals surface area contributed by atoms with Gasteiger partial charge >= 0.3 is 0 Å². The lowest BCUT2D eigenvalue weighted by Gasteiger charge is -2.23. The molecule has 18 heavy (non-hydrogen) atoms. The third-order valence-corrected chi connectivity index (χ3v) is 2.74. The van der Waals surface area contributed by atoms with Gasteiger partial charge in [0.05, 0.1) is 11.6 Å². The lowest BCUT2D eigenvalue weighted by Crippen LogP contribution is -2.45. The van der Waals surface area contributed by atoms with E-state index in [1.807, 2.05) is 0 Å². The highest BCUT2D eigenvalue weighted by Crippen LogP contribution is 2.11. The Morgan fingerprint density at radius 2 is 2.17 bits per heavy atom. The van der Waals surface area contributed by atoms with Gasteiger partial charge in [0.15, 0.2) is 6.73 Å². The summed E-state index contributed by atoms with van der Waals surface area (Å²) in [6.07, 6.45) is 3.42. The zero-order valence-corrected chi connectivity index (χ0v) is 10.2. The molecule has 96 valence electrons. The van der Waals surface area contributed by atoms with Crippen molar-refractivity contribution in [2.45, 2.75) is 25.5 Å². The van der Waals surface area contributed by atoms with E-state index in [2.05, 4.69) is 16.9 Å². The lowest BCUT2D eigenvalue weighted by atomic mass is 10.2. The van der Waals surface area contributed by atoms with E-state index in [-0.39, 0.29) is 6.23 Å². The van der Waals surface area contributed by atoms with Crippen molar-refractivity contribution in [3.05, 3.63) is 29.8 Å². The Bertz CT molecular complexity index is 394. The standard InChI is InChI=1S/C13H17N3O2/c14-9-11-4-6-12(7-5-11)18-10-15-16-13-3-1-2-8-17-13/h4-7,13,15-16H,1-3,8,10H2. The zero-order valence-electron chi connectivity index (χ0n) is 10.2. The van der Waals surface area contributed by atoms with Gasteiger partial charge < -0.3 is 9.47 Å². The van der Waals surface area contributed by atoms with Gasteiger partial charge in [0, 0.05) is 6.61 Å². The summed E-state index contributed by atoms with van der Waals surface area (Å²) in [4.78, 5) is 0. The molecule has 1 fully saturated rings. The van der Waals surface area contributed by atoms with Gasteiger partial charge in [-0.1, -0.05) is 0 Å². The Morgan fingerprint density at radius 1 is 1.33 bits per heavy atom. The predicted octanol–water partition coefficient (Wildman–Crippen LogP) is 1.52. The van der Waals surface area contributed by atoms with Gasteiger partial charge in [-0.25, -0.2) is 10.9 Å². The van der Waals surface area contributed by atoms with Crippen molar-refractivity contribution in [2.75, 3.05) is 13.3 Å². The van der Waals surface area contributed by atoms with E-state index >= 15 is 0 Å². The van der Waals surface area contributed by atoms with Gasteiger partial charge in [-0.3, -0.25) is 0 Å². The van der Waals surface area contributed by atoms with E-state index in [1.165, 1.54) is 6.42 Å². The molecule has 1 aliphatic heterocycles. The molecular formula is C13H17N3O2. The topological polar surface area (TPSA) is 66.3 Å². The molecule has 0 aromatic heterocycles. The summed E-state index contributed by atoms with van der Waals surface area (Å²) in [5, 5.41) is 8.66. The molecule has 0 amide bonds. The van der Waals surface area contributed by atoms with Gasteiger partial charge in [-0.15, -0.1) is 0 Å². The molecule has 1 unspecified atom stereocenters. The van der Waals surface area contributed by atoms with Crippen LogP contribution >= 0.6 is 0 Å². The molecule has 1 atom stereocenters. The number of rotatable bonds is 5. The van der Waals surface area contributed by atoms with Crippen LogP contribution in [0.5, 0.6) is 5.75 Å². The number of nitrogens with zero attached hydrogens (tertiary/aromatic N) is 1. The second-order valence-electron chi connectivity index (χ2n) is 4.10. The number of nitrogens with one attached hydrogen (secondary N) is 2. The number of hydrogen-bond donors (Lipinski definition) is 2. The van der Waals surface area contributed by atoms with Crippen molar-refractivity contribution < 1.29 is 9.47 Å². The van der Waals surface area contributed by atoms with Crippen molar-refractivity contribution in [3.63, 3.8) is 0 Å².